The smallest absolute Gasteiger partial charge is 0.139 e. The van der Waals surface area contributed by atoms with Crippen molar-refractivity contribution in [2.75, 3.05) is 6.73 Å². The summed E-state index contributed by atoms with van der Waals surface area (Å²) in [5, 5.41) is 3.33. The number of nitrogens with zero attached hydrogens (tertiary/aromatic N) is 3. The van der Waals surface area contributed by atoms with Gasteiger partial charge in [-0.2, -0.15) is 0 Å². The lowest BCUT2D eigenvalue weighted by Gasteiger charge is -2.16. The Hall–Kier alpha value is -0.965. The first-order valence-electron chi connectivity index (χ1n) is 4.66. The number of azide groups is 1. The van der Waals surface area contributed by atoms with Crippen molar-refractivity contribution in [3.05, 3.63) is 23.1 Å². The van der Waals surface area contributed by atoms with Crippen LogP contribution < -0.4 is 0 Å². The van der Waals surface area contributed by atoms with Crippen molar-refractivity contribution in [1.29, 1.82) is 0 Å². The fraction of sp³-hybridized carbons (Fsp3) is 0.750. The van der Waals surface area contributed by atoms with E-state index in [-0.39, 0.29) is 24.9 Å². The molecule has 0 spiro atoms. The normalized spacial score (nSPS) is 31.0. The summed E-state index contributed by atoms with van der Waals surface area (Å²) in [5.41, 5.74) is 8.09. The number of ether oxygens (including phenoxy) is 2. The van der Waals surface area contributed by atoms with Crippen LogP contribution in [0.2, 0.25) is 0 Å². The van der Waals surface area contributed by atoms with Crippen molar-refractivity contribution in [3.8, 4) is 0 Å². The molecule has 0 bridgehead atoms. The second kappa shape index (κ2) is 5.70. The van der Waals surface area contributed by atoms with Gasteiger partial charge in [-0.3, -0.25) is 0 Å². The summed E-state index contributed by atoms with van der Waals surface area (Å²) in [6.07, 6.45) is 3.50. The minimum atomic E-state index is 0.0218. The minimum absolute atomic E-state index is 0.0218. The molecular weight excluding hydrogens is 181 g/mol. The number of hydrogen-bond donors (Lipinski definition) is 0. The molecule has 5 nitrogen and oxygen atoms in total. The van der Waals surface area contributed by atoms with Crippen LogP contribution in [-0.4, -0.2) is 32.8 Å². The van der Waals surface area contributed by atoms with Gasteiger partial charge in [0, 0.05) is 10.9 Å². The molecular formula is C8H14BN3O2. The highest BCUT2D eigenvalue weighted by atomic mass is 16.6. The van der Waals surface area contributed by atoms with Gasteiger partial charge in [0.05, 0.1) is 12.2 Å². The molecule has 1 saturated heterocycles. The highest BCUT2D eigenvalue weighted by Gasteiger charge is 2.32. The summed E-state index contributed by atoms with van der Waals surface area (Å²) in [6, 6.07) is 0.205. The Bertz CT molecular complexity index is 243. The summed E-state index contributed by atoms with van der Waals surface area (Å²) < 4.78 is 11.0. The molecule has 6 heteroatoms. The monoisotopic (exact) mass is 195 g/mol. The molecule has 3 atom stereocenters. The molecule has 0 aromatic heterocycles. The van der Waals surface area contributed by atoms with Crippen molar-refractivity contribution in [1.82, 2.24) is 0 Å². The summed E-state index contributed by atoms with van der Waals surface area (Å²) in [5.74, 6) is 0. The van der Waals surface area contributed by atoms with Gasteiger partial charge in [-0.15, -0.1) is 6.58 Å². The largest absolute Gasteiger partial charge is 0.381 e. The van der Waals surface area contributed by atoms with E-state index >= 15 is 0 Å². The zero-order chi connectivity index (χ0) is 10.4. The Balaban J connectivity index is 2.39. The van der Waals surface area contributed by atoms with E-state index in [9.17, 15) is 0 Å². The van der Waals surface area contributed by atoms with Crippen molar-refractivity contribution >= 4 is 7.85 Å². The molecule has 0 saturated carbocycles. The van der Waals surface area contributed by atoms with Gasteiger partial charge in [-0.25, -0.2) is 0 Å². The van der Waals surface area contributed by atoms with E-state index in [0.29, 0.717) is 0 Å². The third-order valence-corrected chi connectivity index (χ3v) is 2.19. The molecule has 1 fully saturated rings. The van der Waals surface area contributed by atoms with Crippen LogP contribution in [0.4, 0.5) is 0 Å². The summed E-state index contributed by atoms with van der Waals surface area (Å²) in [7, 11) is 2.01. The first-order valence-corrected chi connectivity index (χ1v) is 4.66. The highest BCUT2D eigenvalue weighted by molar-refractivity contribution is 6.11. The zero-order valence-electron chi connectivity index (χ0n) is 8.30. The van der Waals surface area contributed by atoms with Crippen LogP contribution in [0.5, 0.6) is 0 Å². The van der Waals surface area contributed by atoms with Crippen molar-refractivity contribution in [2.45, 2.75) is 31.1 Å². The molecule has 1 aliphatic heterocycles. The number of hydrogen-bond acceptors (Lipinski definition) is 3. The van der Waals surface area contributed by atoms with E-state index in [0.717, 1.165) is 12.8 Å². The lowest BCUT2D eigenvalue weighted by Crippen LogP contribution is -2.23. The molecule has 1 heterocycles. The molecule has 0 N–H and O–H groups in total. The Morgan fingerprint density at radius 1 is 1.79 bits per heavy atom. The van der Waals surface area contributed by atoms with Gasteiger partial charge >= 0.3 is 0 Å². The molecule has 0 aliphatic carbocycles. The zero-order valence-corrected chi connectivity index (χ0v) is 8.30. The molecule has 0 aromatic rings. The van der Waals surface area contributed by atoms with Crippen LogP contribution in [0, 0.1) is 0 Å². The third-order valence-electron chi connectivity index (χ3n) is 2.19. The van der Waals surface area contributed by atoms with E-state index < -0.39 is 0 Å². The molecule has 0 radical (unpaired) electrons. The van der Waals surface area contributed by atoms with Gasteiger partial charge in [-0.05, 0) is 18.4 Å². The Morgan fingerprint density at radius 2 is 2.57 bits per heavy atom. The standard InChI is InChI=1S/C8H14BN3O2/c1-2-3-6-7(4-8(9)14-6)13-5-11-12-10/h2,6-8H,1,3-5,9H2. The van der Waals surface area contributed by atoms with Gasteiger partial charge in [0.2, 0.25) is 0 Å². The minimum Gasteiger partial charge on any atom is -0.381 e. The second-order valence-electron chi connectivity index (χ2n) is 3.31. The van der Waals surface area contributed by atoms with E-state index in [1.807, 2.05) is 13.9 Å². The average Bonchev–Trinajstić information content (AvgIpc) is 2.48. The molecule has 14 heavy (non-hydrogen) atoms. The summed E-state index contributed by atoms with van der Waals surface area (Å²) in [4.78, 5) is 2.63. The summed E-state index contributed by atoms with van der Waals surface area (Å²) >= 11 is 0. The average molecular weight is 195 g/mol. The maximum atomic E-state index is 8.09. The second-order valence-corrected chi connectivity index (χ2v) is 3.31. The van der Waals surface area contributed by atoms with Crippen LogP contribution in [0.25, 0.3) is 10.4 Å². The first kappa shape index (κ1) is 11.1. The fourth-order valence-corrected chi connectivity index (χ4v) is 1.62. The highest BCUT2D eigenvalue weighted by Crippen LogP contribution is 2.24. The summed E-state index contributed by atoms with van der Waals surface area (Å²) in [6.45, 7) is 3.74. The molecule has 1 aliphatic rings. The molecule has 76 valence electrons. The molecule has 3 unspecified atom stereocenters. The maximum absolute atomic E-state index is 8.09. The van der Waals surface area contributed by atoms with Crippen LogP contribution in [-0.2, 0) is 9.47 Å². The number of rotatable bonds is 5. The predicted molar refractivity (Wildman–Crippen MR) is 55.5 cm³/mol. The SMILES string of the molecule is BC1CC(OCN=[N+]=[N-])C(CC=C)O1. The quantitative estimate of drug-likeness (QED) is 0.215. The Morgan fingerprint density at radius 3 is 3.21 bits per heavy atom. The molecule has 0 amide bonds. The van der Waals surface area contributed by atoms with Gasteiger partial charge in [-0.1, -0.05) is 11.2 Å². The predicted octanol–water partition coefficient (Wildman–Crippen LogP) is 0.964. The van der Waals surface area contributed by atoms with Gasteiger partial charge in [0.15, 0.2) is 0 Å². The lowest BCUT2D eigenvalue weighted by atomic mass is 9.96. The van der Waals surface area contributed by atoms with Crippen LogP contribution in [0.3, 0.4) is 0 Å². The maximum Gasteiger partial charge on any atom is 0.139 e. The van der Waals surface area contributed by atoms with E-state index in [4.69, 9.17) is 15.0 Å². The third kappa shape index (κ3) is 3.07. The van der Waals surface area contributed by atoms with E-state index in [1.165, 1.54) is 0 Å². The van der Waals surface area contributed by atoms with Gasteiger partial charge in [0.1, 0.15) is 14.6 Å². The fourth-order valence-electron chi connectivity index (χ4n) is 1.62. The van der Waals surface area contributed by atoms with Gasteiger partial charge in [0.25, 0.3) is 0 Å². The first-order chi connectivity index (χ1) is 6.77. The molecule has 1 rings (SSSR count). The van der Waals surface area contributed by atoms with Crippen molar-refractivity contribution < 1.29 is 9.47 Å². The van der Waals surface area contributed by atoms with Crippen LogP contribution in [0.15, 0.2) is 17.8 Å². The van der Waals surface area contributed by atoms with Gasteiger partial charge < -0.3 is 9.47 Å². The van der Waals surface area contributed by atoms with E-state index in [2.05, 4.69) is 16.6 Å². The van der Waals surface area contributed by atoms with E-state index in [1.54, 1.807) is 0 Å². The van der Waals surface area contributed by atoms with Crippen LogP contribution >= 0.6 is 0 Å². The Labute approximate surface area is 84.1 Å². The van der Waals surface area contributed by atoms with Crippen molar-refractivity contribution in [2.24, 2.45) is 5.11 Å². The topological polar surface area (TPSA) is 67.2 Å². The van der Waals surface area contributed by atoms with Crippen LogP contribution in [0.1, 0.15) is 12.8 Å². The lowest BCUT2D eigenvalue weighted by molar-refractivity contribution is -0.00856. The molecule has 0 aromatic carbocycles. The Kier molecular flexibility index (Phi) is 4.52. The van der Waals surface area contributed by atoms with Crippen molar-refractivity contribution in [3.63, 3.8) is 0 Å².